The first-order valence-electron chi connectivity index (χ1n) is 7.05. The van der Waals surface area contributed by atoms with Crippen LogP contribution in [0.1, 0.15) is 30.9 Å². The van der Waals surface area contributed by atoms with Crippen molar-refractivity contribution in [1.82, 2.24) is 4.31 Å². The molecule has 1 aromatic carbocycles. The number of piperidine rings is 1. The molecule has 0 amide bonds. The third-order valence-electron chi connectivity index (χ3n) is 4.25. The summed E-state index contributed by atoms with van der Waals surface area (Å²) in [6.45, 7) is 5.85. The zero-order valence-electron chi connectivity index (χ0n) is 12.5. The molecule has 1 aliphatic rings. The predicted molar refractivity (Wildman–Crippen MR) is 79.6 cm³/mol. The molecule has 1 N–H and O–H groups in total. The number of hydrogen-bond donors (Lipinski definition) is 1. The standard InChI is InChI=1S/C15H21NO4S/c1-10-4-5-14(8-11(10)2)21(19,20)16-7-6-13(15(17)18)9-12(16)3/h4-5,8,12-13H,6-7,9H2,1-3H3,(H,17,18). The second-order valence-electron chi connectivity index (χ2n) is 5.77. The highest BCUT2D eigenvalue weighted by molar-refractivity contribution is 7.89. The molecule has 116 valence electrons. The molecule has 1 aromatic rings. The number of aryl methyl sites for hydroxylation is 2. The number of sulfonamides is 1. The van der Waals surface area contributed by atoms with Gasteiger partial charge in [-0.1, -0.05) is 6.07 Å². The highest BCUT2D eigenvalue weighted by Gasteiger charge is 2.36. The molecule has 1 saturated heterocycles. The van der Waals surface area contributed by atoms with Gasteiger partial charge in [0.05, 0.1) is 10.8 Å². The van der Waals surface area contributed by atoms with E-state index >= 15 is 0 Å². The number of hydrogen-bond acceptors (Lipinski definition) is 3. The molecular weight excluding hydrogens is 290 g/mol. The van der Waals surface area contributed by atoms with Crippen LogP contribution in [-0.2, 0) is 14.8 Å². The van der Waals surface area contributed by atoms with Crippen LogP contribution in [0.2, 0.25) is 0 Å². The molecule has 6 heteroatoms. The summed E-state index contributed by atoms with van der Waals surface area (Å²) in [5, 5.41) is 9.06. The largest absolute Gasteiger partial charge is 0.481 e. The highest BCUT2D eigenvalue weighted by Crippen LogP contribution is 2.29. The molecule has 2 unspecified atom stereocenters. The Balaban J connectivity index is 2.28. The van der Waals surface area contributed by atoms with Crippen molar-refractivity contribution in [2.75, 3.05) is 6.54 Å². The Bertz CT molecular complexity index is 654. The number of benzene rings is 1. The summed E-state index contributed by atoms with van der Waals surface area (Å²) >= 11 is 0. The molecule has 1 heterocycles. The average Bonchev–Trinajstić information content (AvgIpc) is 2.41. The van der Waals surface area contributed by atoms with Crippen LogP contribution in [0.3, 0.4) is 0 Å². The lowest BCUT2D eigenvalue weighted by atomic mass is 9.93. The Kier molecular flexibility index (Phi) is 4.39. The molecule has 21 heavy (non-hydrogen) atoms. The SMILES string of the molecule is Cc1ccc(S(=O)(=O)N2CCC(C(=O)O)CC2C)cc1C. The zero-order chi connectivity index (χ0) is 15.8. The van der Waals surface area contributed by atoms with E-state index in [9.17, 15) is 13.2 Å². The van der Waals surface area contributed by atoms with Crippen LogP contribution in [0.4, 0.5) is 0 Å². The van der Waals surface area contributed by atoms with Crippen LogP contribution >= 0.6 is 0 Å². The number of rotatable bonds is 3. The smallest absolute Gasteiger partial charge is 0.306 e. The molecule has 0 spiro atoms. The molecule has 0 bridgehead atoms. The summed E-state index contributed by atoms with van der Waals surface area (Å²) in [4.78, 5) is 11.3. The van der Waals surface area contributed by atoms with Crippen LogP contribution in [0.5, 0.6) is 0 Å². The first kappa shape index (κ1) is 16.0. The van der Waals surface area contributed by atoms with Gasteiger partial charge in [0.1, 0.15) is 0 Å². The molecule has 1 fully saturated rings. The van der Waals surface area contributed by atoms with Gasteiger partial charge in [0.15, 0.2) is 0 Å². The monoisotopic (exact) mass is 311 g/mol. The van der Waals surface area contributed by atoms with E-state index < -0.39 is 21.9 Å². The van der Waals surface area contributed by atoms with Crippen molar-refractivity contribution in [3.63, 3.8) is 0 Å². The van der Waals surface area contributed by atoms with Crippen molar-refractivity contribution in [3.05, 3.63) is 29.3 Å². The van der Waals surface area contributed by atoms with E-state index in [2.05, 4.69) is 0 Å². The molecule has 2 atom stereocenters. The van der Waals surface area contributed by atoms with Gasteiger partial charge in [0.2, 0.25) is 10.0 Å². The second-order valence-corrected chi connectivity index (χ2v) is 7.66. The van der Waals surface area contributed by atoms with Crippen molar-refractivity contribution >= 4 is 16.0 Å². The third kappa shape index (κ3) is 3.11. The topological polar surface area (TPSA) is 74.7 Å². The third-order valence-corrected chi connectivity index (χ3v) is 6.26. The van der Waals surface area contributed by atoms with Crippen LogP contribution in [-0.4, -0.2) is 36.4 Å². The van der Waals surface area contributed by atoms with E-state index in [1.165, 1.54) is 4.31 Å². The van der Waals surface area contributed by atoms with Crippen molar-refractivity contribution in [3.8, 4) is 0 Å². The average molecular weight is 311 g/mol. The fraction of sp³-hybridized carbons (Fsp3) is 0.533. The number of aliphatic carboxylic acids is 1. The van der Waals surface area contributed by atoms with Crippen molar-refractivity contribution in [2.45, 2.75) is 44.6 Å². The quantitative estimate of drug-likeness (QED) is 0.928. The second kappa shape index (κ2) is 5.77. The Morgan fingerprint density at radius 1 is 1.29 bits per heavy atom. The molecular formula is C15H21NO4S. The van der Waals surface area contributed by atoms with E-state index in [1.807, 2.05) is 13.8 Å². The van der Waals surface area contributed by atoms with Crippen LogP contribution in [0.25, 0.3) is 0 Å². The summed E-state index contributed by atoms with van der Waals surface area (Å²) in [5.41, 5.74) is 1.98. The van der Waals surface area contributed by atoms with Crippen molar-refractivity contribution in [1.29, 1.82) is 0 Å². The van der Waals surface area contributed by atoms with Gasteiger partial charge in [-0.05, 0) is 56.9 Å². The summed E-state index contributed by atoms with van der Waals surface area (Å²) < 4.78 is 26.9. The Morgan fingerprint density at radius 3 is 2.48 bits per heavy atom. The minimum absolute atomic E-state index is 0.257. The number of carboxylic acid groups (broad SMARTS) is 1. The van der Waals surface area contributed by atoms with E-state index in [4.69, 9.17) is 5.11 Å². The fourth-order valence-electron chi connectivity index (χ4n) is 2.74. The molecule has 0 saturated carbocycles. The summed E-state index contributed by atoms with van der Waals surface area (Å²) in [6, 6.07) is 4.80. The molecule has 0 radical (unpaired) electrons. The van der Waals surface area contributed by atoms with Crippen molar-refractivity contribution in [2.24, 2.45) is 5.92 Å². The lowest BCUT2D eigenvalue weighted by Crippen LogP contribution is -2.45. The highest BCUT2D eigenvalue weighted by atomic mass is 32.2. The maximum Gasteiger partial charge on any atom is 0.306 e. The lowest BCUT2D eigenvalue weighted by Gasteiger charge is -2.35. The normalized spacial score (nSPS) is 24.0. The fourth-order valence-corrected chi connectivity index (χ4v) is 4.48. The first-order chi connectivity index (χ1) is 9.73. The number of nitrogens with zero attached hydrogens (tertiary/aromatic N) is 1. The molecule has 2 rings (SSSR count). The Labute approximate surface area is 125 Å². The molecule has 0 aromatic heterocycles. The number of carbonyl (C=O) groups is 1. The van der Waals surface area contributed by atoms with Crippen LogP contribution in [0.15, 0.2) is 23.1 Å². The van der Waals surface area contributed by atoms with Gasteiger partial charge in [-0.15, -0.1) is 0 Å². The summed E-state index contributed by atoms with van der Waals surface area (Å²) in [7, 11) is -3.56. The predicted octanol–water partition coefficient (Wildman–Crippen LogP) is 2.18. The van der Waals surface area contributed by atoms with Crippen molar-refractivity contribution < 1.29 is 18.3 Å². The van der Waals surface area contributed by atoms with Gasteiger partial charge >= 0.3 is 5.97 Å². The molecule has 5 nitrogen and oxygen atoms in total. The molecule has 0 aliphatic carbocycles. The maximum absolute atomic E-state index is 12.7. The molecule has 1 aliphatic heterocycles. The minimum atomic E-state index is -3.56. The maximum atomic E-state index is 12.7. The van der Waals surface area contributed by atoms with Gasteiger partial charge in [0.25, 0.3) is 0 Å². The van der Waals surface area contributed by atoms with Gasteiger partial charge in [0, 0.05) is 12.6 Å². The van der Waals surface area contributed by atoms with E-state index in [-0.39, 0.29) is 17.5 Å². The summed E-state index contributed by atoms with van der Waals surface area (Å²) in [5.74, 6) is -1.30. The van der Waals surface area contributed by atoms with Crippen LogP contribution < -0.4 is 0 Å². The van der Waals surface area contributed by atoms with Gasteiger partial charge in [-0.2, -0.15) is 4.31 Å². The lowest BCUT2D eigenvalue weighted by molar-refractivity contribution is -0.143. The Morgan fingerprint density at radius 2 is 1.95 bits per heavy atom. The summed E-state index contributed by atoms with van der Waals surface area (Å²) in [6.07, 6.45) is 0.725. The first-order valence-corrected chi connectivity index (χ1v) is 8.49. The van der Waals surface area contributed by atoms with Gasteiger partial charge in [-0.3, -0.25) is 4.79 Å². The number of carboxylic acids is 1. The Hall–Kier alpha value is -1.40. The zero-order valence-corrected chi connectivity index (χ0v) is 13.4. The van der Waals surface area contributed by atoms with Gasteiger partial charge in [-0.25, -0.2) is 8.42 Å². The van der Waals surface area contributed by atoms with Gasteiger partial charge < -0.3 is 5.11 Å². The van der Waals surface area contributed by atoms with E-state index in [1.54, 1.807) is 25.1 Å². The van der Waals surface area contributed by atoms with E-state index in [0.29, 0.717) is 12.8 Å². The van der Waals surface area contributed by atoms with E-state index in [0.717, 1.165) is 11.1 Å². The minimum Gasteiger partial charge on any atom is -0.481 e. The van der Waals surface area contributed by atoms with Crippen LogP contribution in [0, 0.1) is 19.8 Å².